The summed E-state index contributed by atoms with van der Waals surface area (Å²) in [4.78, 5) is 2.22. The molecule has 0 saturated heterocycles. The Morgan fingerprint density at radius 1 is 1.15 bits per heavy atom. The van der Waals surface area contributed by atoms with Crippen molar-refractivity contribution >= 4 is 27.5 Å². The molecule has 0 fully saturated rings. The Morgan fingerprint density at radius 3 is 2.45 bits per heavy atom. The molecule has 104 valence electrons. The van der Waals surface area contributed by atoms with E-state index >= 15 is 0 Å². The van der Waals surface area contributed by atoms with Crippen LogP contribution in [0.15, 0.2) is 53.0 Å². The van der Waals surface area contributed by atoms with Crippen LogP contribution in [-0.4, -0.2) is 12.4 Å². The van der Waals surface area contributed by atoms with Crippen LogP contribution in [0.2, 0.25) is 0 Å². The highest BCUT2D eigenvalue weighted by Gasteiger charge is 2.14. The first kappa shape index (κ1) is 14.6. The van der Waals surface area contributed by atoms with E-state index < -0.39 is 0 Å². The quantitative estimate of drug-likeness (QED) is 0.647. The van der Waals surface area contributed by atoms with E-state index in [0.29, 0.717) is 0 Å². The smallest absolute Gasteiger partial charge is 0.126 e. The van der Waals surface area contributed by atoms with Gasteiger partial charge in [0.1, 0.15) is 5.84 Å². The highest BCUT2D eigenvalue weighted by atomic mass is 79.9. The molecule has 2 rings (SSSR count). The molecule has 0 heterocycles. The Morgan fingerprint density at radius 2 is 1.85 bits per heavy atom. The topological polar surface area (TPSA) is 53.1 Å². The molecule has 2 aromatic rings. The van der Waals surface area contributed by atoms with Crippen LogP contribution in [0.1, 0.15) is 18.1 Å². The summed E-state index contributed by atoms with van der Waals surface area (Å²) in [5, 5.41) is 7.79. The SMILES string of the molecule is CCN(Cc1ccccc1)c1cccc(Br)c1C(=N)N. The largest absolute Gasteiger partial charge is 0.384 e. The predicted molar refractivity (Wildman–Crippen MR) is 88.3 cm³/mol. The molecule has 0 saturated carbocycles. The lowest BCUT2D eigenvalue weighted by atomic mass is 10.1. The standard InChI is InChI=1S/C16H18BrN3/c1-2-20(11-12-7-4-3-5-8-12)14-10-6-9-13(17)15(14)16(18)19/h3-10H,2,11H2,1H3,(H3,18,19). The van der Waals surface area contributed by atoms with Gasteiger partial charge in [-0.05, 0) is 40.5 Å². The van der Waals surface area contributed by atoms with E-state index in [4.69, 9.17) is 11.1 Å². The third-order valence-corrected chi connectivity index (χ3v) is 3.86. The molecule has 0 spiro atoms. The average Bonchev–Trinajstić information content (AvgIpc) is 2.45. The molecule has 0 aliphatic carbocycles. The van der Waals surface area contributed by atoms with Crippen molar-refractivity contribution in [3.8, 4) is 0 Å². The molecule has 0 unspecified atom stereocenters. The number of hydrogen-bond donors (Lipinski definition) is 2. The van der Waals surface area contributed by atoms with Crippen LogP contribution in [0.5, 0.6) is 0 Å². The zero-order chi connectivity index (χ0) is 14.5. The zero-order valence-corrected chi connectivity index (χ0v) is 13.0. The molecule has 2 aromatic carbocycles. The lowest BCUT2D eigenvalue weighted by Gasteiger charge is -2.26. The van der Waals surface area contributed by atoms with Gasteiger partial charge in [0.25, 0.3) is 0 Å². The fraction of sp³-hybridized carbons (Fsp3) is 0.188. The van der Waals surface area contributed by atoms with Gasteiger partial charge in [0.15, 0.2) is 0 Å². The van der Waals surface area contributed by atoms with Crippen molar-refractivity contribution in [2.45, 2.75) is 13.5 Å². The van der Waals surface area contributed by atoms with Gasteiger partial charge in [0.2, 0.25) is 0 Å². The highest BCUT2D eigenvalue weighted by Crippen LogP contribution is 2.28. The first-order valence-electron chi connectivity index (χ1n) is 6.55. The number of halogens is 1. The molecule has 4 heteroatoms. The van der Waals surface area contributed by atoms with Gasteiger partial charge in [0.05, 0.1) is 5.56 Å². The maximum absolute atomic E-state index is 7.79. The van der Waals surface area contributed by atoms with E-state index in [2.05, 4.69) is 39.9 Å². The van der Waals surface area contributed by atoms with Crippen molar-refractivity contribution in [1.82, 2.24) is 0 Å². The molecule has 3 N–H and O–H groups in total. The summed E-state index contributed by atoms with van der Waals surface area (Å²) in [6.45, 7) is 3.76. The maximum Gasteiger partial charge on any atom is 0.126 e. The van der Waals surface area contributed by atoms with E-state index in [1.165, 1.54) is 5.56 Å². The first-order chi connectivity index (χ1) is 9.63. The van der Waals surface area contributed by atoms with Gasteiger partial charge in [-0.2, -0.15) is 0 Å². The van der Waals surface area contributed by atoms with Crippen molar-refractivity contribution in [3.05, 3.63) is 64.1 Å². The lowest BCUT2D eigenvalue weighted by Crippen LogP contribution is -2.26. The number of hydrogen-bond acceptors (Lipinski definition) is 2. The molecule has 0 atom stereocenters. The van der Waals surface area contributed by atoms with Gasteiger partial charge >= 0.3 is 0 Å². The predicted octanol–water partition coefficient (Wildman–Crippen LogP) is 3.76. The number of benzene rings is 2. The molecule has 0 amide bonds. The Bertz CT molecular complexity index is 596. The minimum atomic E-state index is 0.0824. The first-order valence-corrected chi connectivity index (χ1v) is 7.34. The van der Waals surface area contributed by atoms with Crippen molar-refractivity contribution < 1.29 is 0 Å². The van der Waals surface area contributed by atoms with Gasteiger partial charge in [0, 0.05) is 23.2 Å². The molecule has 0 aliphatic rings. The fourth-order valence-electron chi connectivity index (χ4n) is 2.21. The van der Waals surface area contributed by atoms with Gasteiger partial charge in [-0.25, -0.2) is 0 Å². The second-order valence-corrected chi connectivity index (χ2v) is 5.40. The van der Waals surface area contributed by atoms with Crippen LogP contribution in [0, 0.1) is 5.41 Å². The van der Waals surface area contributed by atoms with Crippen LogP contribution in [-0.2, 0) is 6.54 Å². The summed E-state index contributed by atoms with van der Waals surface area (Å²) in [5.74, 6) is 0.0824. The third-order valence-electron chi connectivity index (χ3n) is 3.20. The van der Waals surface area contributed by atoms with Crippen molar-refractivity contribution in [3.63, 3.8) is 0 Å². The van der Waals surface area contributed by atoms with Crippen LogP contribution in [0.3, 0.4) is 0 Å². The number of anilines is 1. The van der Waals surface area contributed by atoms with Crippen molar-refractivity contribution in [1.29, 1.82) is 5.41 Å². The second-order valence-electron chi connectivity index (χ2n) is 4.55. The molecular weight excluding hydrogens is 314 g/mol. The van der Waals surface area contributed by atoms with E-state index in [9.17, 15) is 0 Å². The minimum Gasteiger partial charge on any atom is -0.384 e. The molecule has 3 nitrogen and oxygen atoms in total. The highest BCUT2D eigenvalue weighted by molar-refractivity contribution is 9.10. The van der Waals surface area contributed by atoms with Crippen LogP contribution >= 0.6 is 15.9 Å². The summed E-state index contributed by atoms with van der Waals surface area (Å²) < 4.78 is 0.856. The molecular formula is C16H18BrN3. The summed E-state index contributed by atoms with van der Waals surface area (Å²) in [6.07, 6.45) is 0. The number of nitrogens with one attached hydrogen (secondary N) is 1. The Kier molecular flexibility index (Phi) is 4.79. The van der Waals surface area contributed by atoms with Gasteiger partial charge < -0.3 is 10.6 Å². The summed E-state index contributed by atoms with van der Waals surface area (Å²) >= 11 is 3.48. The average molecular weight is 332 g/mol. The Hall–Kier alpha value is -1.81. The lowest BCUT2D eigenvalue weighted by molar-refractivity contribution is 0.830. The molecule has 0 radical (unpaired) electrons. The summed E-state index contributed by atoms with van der Waals surface area (Å²) in [7, 11) is 0. The Balaban J connectivity index is 2.37. The number of rotatable bonds is 5. The van der Waals surface area contributed by atoms with Crippen LogP contribution in [0.4, 0.5) is 5.69 Å². The molecule has 20 heavy (non-hydrogen) atoms. The summed E-state index contributed by atoms with van der Waals surface area (Å²) in [6, 6.07) is 16.2. The van der Waals surface area contributed by atoms with Crippen molar-refractivity contribution in [2.24, 2.45) is 5.73 Å². The Labute approximate surface area is 128 Å². The zero-order valence-electron chi connectivity index (χ0n) is 11.4. The number of nitrogens with two attached hydrogens (primary N) is 1. The normalized spacial score (nSPS) is 10.3. The fourth-order valence-corrected chi connectivity index (χ4v) is 2.78. The van der Waals surface area contributed by atoms with Crippen molar-refractivity contribution in [2.75, 3.05) is 11.4 Å². The van der Waals surface area contributed by atoms with Gasteiger partial charge in [-0.1, -0.05) is 36.4 Å². The number of nitrogens with zero attached hydrogens (tertiary/aromatic N) is 1. The van der Waals surface area contributed by atoms with Gasteiger partial charge in [-0.3, -0.25) is 5.41 Å². The van der Waals surface area contributed by atoms with Crippen LogP contribution in [0.25, 0.3) is 0 Å². The molecule has 0 aromatic heterocycles. The van der Waals surface area contributed by atoms with E-state index in [1.807, 2.05) is 36.4 Å². The second kappa shape index (κ2) is 6.57. The molecule has 0 aliphatic heterocycles. The summed E-state index contributed by atoms with van der Waals surface area (Å²) in [5.41, 5.74) is 8.71. The third kappa shape index (κ3) is 3.20. The van der Waals surface area contributed by atoms with Gasteiger partial charge in [-0.15, -0.1) is 0 Å². The van der Waals surface area contributed by atoms with E-state index in [0.717, 1.165) is 28.8 Å². The minimum absolute atomic E-state index is 0.0824. The van der Waals surface area contributed by atoms with E-state index in [-0.39, 0.29) is 5.84 Å². The van der Waals surface area contributed by atoms with E-state index in [1.54, 1.807) is 0 Å². The maximum atomic E-state index is 7.79. The number of nitrogen functional groups attached to an aromatic ring is 1. The molecule has 0 bridgehead atoms. The monoisotopic (exact) mass is 331 g/mol. The number of amidine groups is 1. The van der Waals surface area contributed by atoms with Crippen LogP contribution < -0.4 is 10.6 Å².